The minimum absolute atomic E-state index is 0.533. The van der Waals surface area contributed by atoms with Crippen molar-refractivity contribution < 1.29 is 0 Å². The van der Waals surface area contributed by atoms with Crippen LogP contribution in [-0.2, 0) is 0 Å². The Morgan fingerprint density at radius 2 is 2.13 bits per heavy atom. The van der Waals surface area contributed by atoms with Gasteiger partial charge >= 0.3 is 0 Å². The SMILES string of the molecule is CC(CC1CC1)NC1=N[C@@H](C(C)C)CS1. The van der Waals surface area contributed by atoms with Gasteiger partial charge in [0, 0.05) is 11.8 Å². The summed E-state index contributed by atoms with van der Waals surface area (Å²) in [5.74, 6) is 2.84. The number of nitrogens with zero attached hydrogens (tertiary/aromatic N) is 1. The Morgan fingerprint density at radius 1 is 1.40 bits per heavy atom. The summed E-state index contributed by atoms with van der Waals surface area (Å²) in [5.41, 5.74) is 0. The van der Waals surface area contributed by atoms with Gasteiger partial charge in [0.2, 0.25) is 0 Å². The van der Waals surface area contributed by atoms with Gasteiger partial charge in [0.25, 0.3) is 0 Å². The molecule has 0 amide bonds. The van der Waals surface area contributed by atoms with Crippen molar-refractivity contribution in [3.8, 4) is 0 Å². The topological polar surface area (TPSA) is 24.4 Å². The number of hydrogen-bond donors (Lipinski definition) is 1. The first-order valence-corrected chi connectivity index (χ1v) is 7.11. The molecular weight excluding hydrogens is 204 g/mol. The molecule has 1 saturated carbocycles. The minimum Gasteiger partial charge on any atom is -0.362 e. The average molecular weight is 226 g/mol. The van der Waals surface area contributed by atoms with Gasteiger partial charge < -0.3 is 5.32 Å². The highest BCUT2D eigenvalue weighted by Gasteiger charge is 2.26. The molecule has 3 heteroatoms. The molecule has 0 aromatic rings. The molecule has 0 radical (unpaired) electrons. The van der Waals surface area contributed by atoms with Gasteiger partial charge in [-0.1, -0.05) is 38.5 Å². The maximum absolute atomic E-state index is 4.72. The van der Waals surface area contributed by atoms with Crippen molar-refractivity contribution in [3.63, 3.8) is 0 Å². The Labute approximate surface area is 97.3 Å². The summed E-state index contributed by atoms with van der Waals surface area (Å²) in [4.78, 5) is 4.72. The van der Waals surface area contributed by atoms with Crippen LogP contribution in [0.3, 0.4) is 0 Å². The van der Waals surface area contributed by atoms with Crippen LogP contribution in [0, 0.1) is 11.8 Å². The molecule has 0 saturated heterocycles. The van der Waals surface area contributed by atoms with E-state index in [9.17, 15) is 0 Å². The van der Waals surface area contributed by atoms with Crippen molar-refractivity contribution in [3.05, 3.63) is 0 Å². The molecule has 0 aromatic heterocycles. The lowest BCUT2D eigenvalue weighted by atomic mass is 10.1. The molecule has 1 aliphatic heterocycles. The molecule has 1 fully saturated rings. The van der Waals surface area contributed by atoms with Gasteiger partial charge in [0.15, 0.2) is 5.17 Å². The number of aliphatic imine (C=N–C) groups is 1. The zero-order valence-electron chi connectivity index (χ0n) is 9.99. The van der Waals surface area contributed by atoms with Gasteiger partial charge in [-0.05, 0) is 25.2 Å². The number of rotatable bonds is 4. The van der Waals surface area contributed by atoms with Crippen molar-refractivity contribution in [2.45, 2.75) is 52.1 Å². The zero-order chi connectivity index (χ0) is 10.8. The highest BCUT2D eigenvalue weighted by molar-refractivity contribution is 8.14. The second-order valence-corrected chi connectivity index (χ2v) is 6.29. The lowest BCUT2D eigenvalue weighted by Gasteiger charge is -2.13. The summed E-state index contributed by atoms with van der Waals surface area (Å²) in [6.07, 6.45) is 4.21. The molecule has 0 aromatic carbocycles. The monoisotopic (exact) mass is 226 g/mol. The fourth-order valence-corrected chi connectivity index (χ4v) is 3.22. The average Bonchev–Trinajstić information content (AvgIpc) is 2.82. The Bertz CT molecular complexity index is 246. The van der Waals surface area contributed by atoms with Crippen LogP contribution in [0.4, 0.5) is 0 Å². The highest BCUT2D eigenvalue weighted by atomic mass is 32.2. The Balaban J connectivity index is 1.76. The molecule has 1 N–H and O–H groups in total. The van der Waals surface area contributed by atoms with Gasteiger partial charge in [0.05, 0.1) is 6.04 Å². The summed E-state index contributed by atoms with van der Waals surface area (Å²) in [6, 6.07) is 1.14. The molecule has 2 rings (SSSR count). The van der Waals surface area contributed by atoms with Crippen LogP contribution >= 0.6 is 11.8 Å². The van der Waals surface area contributed by atoms with Crippen molar-refractivity contribution in [1.82, 2.24) is 5.32 Å². The highest BCUT2D eigenvalue weighted by Crippen LogP contribution is 2.33. The predicted octanol–water partition coefficient (Wildman–Crippen LogP) is 2.89. The molecule has 2 nitrogen and oxygen atoms in total. The van der Waals surface area contributed by atoms with Gasteiger partial charge in [-0.25, -0.2) is 0 Å². The largest absolute Gasteiger partial charge is 0.362 e. The molecule has 1 unspecified atom stereocenters. The first kappa shape index (κ1) is 11.3. The summed E-state index contributed by atoms with van der Waals surface area (Å²) in [7, 11) is 0. The van der Waals surface area contributed by atoms with Crippen molar-refractivity contribution in [1.29, 1.82) is 0 Å². The number of amidine groups is 1. The molecule has 2 aliphatic rings. The van der Waals surface area contributed by atoms with Crippen LogP contribution < -0.4 is 5.32 Å². The van der Waals surface area contributed by atoms with Crippen molar-refractivity contribution >= 4 is 16.9 Å². The third-order valence-electron chi connectivity index (χ3n) is 3.20. The van der Waals surface area contributed by atoms with E-state index >= 15 is 0 Å². The van der Waals surface area contributed by atoms with E-state index in [1.807, 2.05) is 11.8 Å². The zero-order valence-corrected chi connectivity index (χ0v) is 10.8. The van der Waals surface area contributed by atoms with Gasteiger partial charge in [-0.15, -0.1) is 0 Å². The fourth-order valence-electron chi connectivity index (χ4n) is 1.93. The maximum Gasteiger partial charge on any atom is 0.157 e. The van der Waals surface area contributed by atoms with Gasteiger partial charge in [-0.3, -0.25) is 4.99 Å². The van der Waals surface area contributed by atoms with Crippen molar-refractivity contribution in [2.24, 2.45) is 16.8 Å². The normalized spacial score (nSPS) is 28.0. The molecule has 1 heterocycles. The summed E-state index contributed by atoms with van der Waals surface area (Å²) >= 11 is 1.89. The maximum atomic E-state index is 4.72. The Morgan fingerprint density at radius 3 is 2.67 bits per heavy atom. The number of nitrogens with one attached hydrogen (secondary N) is 1. The molecular formula is C12H22N2S. The van der Waals surface area contributed by atoms with Gasteiger partial charge in [-0.2, -0.15) is 0 Å². The summed E-state index contributed by atoms with van der Waals surface area (Å²) < 4.78 is 0. The van der Waals surface area contributed by atoms with E-state index in [0.717, 1.165) is 11.7 Å². The second kappa shape index (κ2) is 4.77. The molecule has 0 spiro atoms. The van der Waals surface area contributed by atoms with Crippen LogP contribution in [0.15, 0.2) is 4.99 Å². The standard InChI is InChI=1S/C12H22N2S/c1-8(2)11-7-15-12(14-11)13-9(3)6-10-4-5-10/h8-11H,4-7H2,1-3H3,(H,13,14)/t9?,11-/m1/s1. The minimum atomic E-state index is 0.533. The molecule has 1 aliphatic carbocycles. The second-order valence-electron chi connectivity index (χ2n) is 5.28. The quantitative estimate of drug-likeness (QED) is 0.797. The van der Waals surface area contributed by atoms with Crippen LogP contribution in [0.5, 0.6) is 0 Å². The number of hydrogen-bond acceptors (Lipinski definition) is 3. The first-order valence-electron chi connectivity index (χ1n) is 6.12. The van der Waals surface area contributed by atoms with E-state index in [2.05, 4.69) is 26.1 Å². The fraction of sp³-hybridized carbons (Fsp3) is 0.917. The first-order chi connectivity index (χ1) is 7.15. The van der Waals surface area contributed by atoms with Crippen molar-refractivity contribution in [2.75, 3.05) is 5.75 Å². The molecule has 0 bridgehead atoms. The van der Waals surface area contributed by atoms with E-state index in [1.165, 1.54) is 24.4 Å². The van der Waals surface area contributed by atoms with E-state index in [-0.39, 0.29) is 0 Å². The van der Waals surface area contributed by atoms with Crippen LogP contribution in [-0.4, -0.2) is 23.0 Å². The Kier molecular flexibility index (Phi) is 3.60. The smallest absolute Gasteiger partial charge is 0.157 e. The summed E-state index contributed by atoms with van der Waals surface area (Å²) in [6.45, 7) is 6.79. The van der Waals surface area contributed by atoms with E-state index in [0.29, 0.717) is 18.0 Å². The molecule has 86 valence electrons. The van der Waals surface area contributed by atoms with E-state index in [4.69, 9.17) is 4.99 Å². The lowest BCUT2D eigenvalue weighted by molar-refractivity contribution is 0.535. The molecule has 15 heavy (non-hydrogen) atoms. The Hall–Kier alpha value is -0.180. The lowest BCUT2D eigenvalue weighted by Crippen LogP contribution is -2.30. The summed E-state index contributed by atoms with van der Waals surface area (Å²) in [5, 5.41) is 4.73. The van der Waals surface area contributed by atoms with Crippen LogP contribution in [0.1, 0.15) is 40.0 Å². The predicted molar refractivity (Wildman–Crippen MR) is 68.5 cm³/mol. The van der Waals surface area contributed by atoms with Gasteiger partial charge in [0.1, 0.15) is 0 Å². The van der Waals surface area contributed by atoms with E-state index < -0.39 is 0 Å². The van der Waals surface area contributed by atoms with Crippen LogP contribution in [0.25, 0.3) is 0 Å². The van der Waals surface area contributed by atoms with E-state index in [1.54, 1.807) is 0 Å². The van der Waals surface area contributed by atoms with Crippen LogP contribution in [0.2, 0.25) is 0 Å². The number of thioether (sulfide) groups is 1. The third kappa shape index (κ3) is 3.40. The molecule has 2 atom stereocenters. The third-order valence-corrected chi connectivity index (χ3v) is 4.20.